The molecule has 1 aromatic rings. The fraction of sp³-hybridized carbons (Fsp3) is 0.600. The van der Waals surface area contributed by atoms with Crippen LogP contribution in [0.2, 0.25) is 0 Å². The maximum atomic E-state index is 14.0. The predicted molar refractivity (Wildman–Crippen MR) is 79.5 cm³/mol. The highest BCUT2D eigenvalue weighted by Crippen LogP contribution is 2.58. The van der Waals surface area contributed by atoms with E-state index >= 15 is 0 Å². The van der Waals surface area contributed by atoms with Crippen molar-refractivity contribution in [2.75, 3.05) is 5.33 Å². The van der Waals surface area contributed by atoms with Crippen LogP contribution in [0.1, 0.15) is 31.2 Å². The second-order valence-electron chi connectivity index (χ2n) is 5.99. The molecule has 2 fully saturated rings. The standard InChI is InChI=1S/C15H17Br2F/c16-9-15(7-10-1-3-12(15)5-10)8-11-2-4-13(17)6-14(11)18/h2,4,6,10,12H,1,3,5,7-9H2. The zero-order valence-electron chi connectivity index (χ0n) is 10.3. The Morgan fingerprint density at radius 1 is 1.33 bits per heavy atom. The molecule has 3 heteroatoms. The van der Waals surface area contributed by atoms with Crippen LogP contribution in [-0.4, -0.2) is 5.33 Å². The van der Waals surface area contributed by atoms with Gasteiger partial charge in [-0.15, -0.1) is 0 Å². The summed E-state index contributed by atoms with van der Waals surface area (Å²) in [7, 11) is 0. The summed E-state index contributed by atoms with van der Waals surface area (Å²) in [6.45, 7) is 0. The van der Waals surface area contributed by atoms with Gasteiger partial charge < -0.3 is 0 Å². The average molecular weight is 376 g/mol. The van der Waals surface area contributed by atoms with Gasteiger partial charge >= 0.3 is 0 Å². The van der Waals surface area contributed by atoms with Crippen molar-refractivity contribution in [1.82, 2.24) is 0 Å². The second kappa shape index (κ2) is 4.90. The van der Waals surface area contributed by atoms with Gasteiger partial charge in [0.2, 0.25) is 0 Å². The molecule has 0 aromatic heterocycles. The molecule has 1 aromatic carbocycles. The van der Waals surface area contributed by atoms with Gasteiger partial charge in [0.25, 0.3) is 0 Å². The third kappa shape index (κ3) is 2.18. The summed E-state index contributed by atoms with van der Waals surface area (Å²) in [5.74, 6) is 1.63. The zero-order valence-corrected chi connectivity index (χ0v) is 13.4. The Hall–Kier alpha value is 0.110. The average Bonchev–Trinajstić information content (AvgIpc) is 2.93. The van der Waals surface area contributed by atoms with Gasteiger partial charge in [-0.25, -0.2) is 4.39 Å². The summed E-state index contributed by atoms with van der Waals surface area (Å²) in [4.78, 5) is 0. The van der Waals surface area contributed by atoms with E-state index in [1.165, 1.54) is 25.7 Å². The van der Waals surface area contributed by atoms with Crippen LogP contribution >= 0.6 is 31.9 Å². The number of rotatable bonds is 3. The van der Waals surface area contributed by atoms with E-state index in [2.05, 4.69) is 31.9 Å². The number of benzene rings is 1. The molecule has 0 aliphatic heterocycles. The second-order valence-corrected chi connectivity index (χ2v) is 7.47. The number of hydrogen-bond acceptors (Lipinski definition) is 0. The Morgan fingerprint density at radius 2 is 2.17 bits per heavy atom. The molecule has 3 atom stereocenters. The fourth-order valence-corrected chi connectivity index (χ4v) is 5.25. The highest BCUT2D eigenvalue weighted by Gasteiger charge is 2.50. The highest BCUT2D eigenvalue weighted by molar-refractivity contribution is 9.10. The molecular weight excluding hydrogens is 359 g/mol. The van der Waals surface area contributed by atoms with Crippen molar-refractivity contribution < 1.29 is 4.39 Å². The number of alkyl halides is 1. The Morgan fingerprint density at radius 3 is 2.72 bits per heavy atom. The van der Waals surface area contributed by atoms with Crippen LogP contribution in [0.4, 0.5) is 4.39 Å². The van der Waals surface area contributed by atoms with Crippen molar-refractivity contribution in [3.8, 4) is 0 Å². The van der Waals surface area contributed by atoms with Gasteiger partial charge in [0, 0.05) is 9.80 Å². The molecule has 0 heterocycles. The minimum atomic E-state index is -0.0625. The highest BCUT2D eigenvalue weighted by atomic mass is 79.9. The monoisotopic (exact) mass is 374 g/mol. The van der Waals surface area contributed by atoms with Crippen LogP contribution in [-0.2, 0) is 6.42 Å². The Kier molecular flexibility index (Phi) is 3.57. The van der Waals surface area contributed by atoms with E-state index in [9.17, 15) is 4.39 Å². The lowest BCUT2D eigenvalue weighted by Crippen LogP contribution is -2.32. The van der Waals surface area contributed by atoms with Gasteiger partial charge in [-0.2, -0.15) is 0 Å². The maximum absolute atomic E-state index is 14.0. The van der Waals surface area contributed by atoms with E-state index in [1.54, 1.807) is 6.07 Å². The first-order valence-electron chi connectivity index (χ1n) is 6.63. The van der Waals surface area contributed by atoms with Crippen LogP contribution in [0.25, 0.3) is 0 Å². The summed E-state index contributed by atoms with van der Waals surface area (Å²) in [6, 6.07) is 5.48. The molecule has 2 aliphatic carbocycles. The molecule has 0 spiro atoms. The zero-order chi connectivity index (χ0) is 12.8. The van der Waals surface area contributed by atoms with E-state index < -0.39 is 0 Å². The normalized spacial score (nSPS) is 34.2. The van der Waals surface area contributed by atoms with E-state index in [4.69, 9.17) is 0 Å². The molecular formula is C15H17Br2F. The Labute approximate surface area is 125 Å². The largest absolute Gasteiger partial charge is 0.207 e. The van der Waals surface area contributed by atoms with Gasteiger partial charge in [0.1, 0.15) is 5.82 Å². The molecule has 0 amide bonds. The van der Waals surface area contributed by atoms with E-state index in [0.717, 1.165) is 33.6 Å². The van der Waals surface area contributed by atoms with Crippen molar-refractivity contribution in [1.29, 1.82) is 0 Å². The molecule has 98 valence electrons. The SMILES string of the molecule is Fc1cc(Br)ccc1CC1(CBr)CC2CCC1C2. The molecule has 0 N–H and O–H groups in total. The van der Waals surface area contributed by atoms with Crippen molar-refractivity contribution in [3.05, 3.63) is 34.1 Å². The molecule has 0 radical (unpaired) electrons. The molecule has 2 saturated carbocycles. The minimum Gasteiger partial charge on any atom is -0.207 e. The third-order valence-corrected chi connectivity index (χ3v) is 6.54. The summed E-state index contributed by atoms with van der Waals surface area (Å²) in [5.41, 5.74) is 1.18. The van der Waals surface area contributed by atoms with Crippen molar-refractivity contribution in [3.63, 3.8) is 0 Å². The number of fused-ring (bicyclic) bond motifs is 2. The first-order valence-corrected chi connectivity index (χ1v) is 8.54. The molecule has 2 aliphatic rings. The minimum absolute atomic E-state index is 0.0625. The lowest BCUT2D eigenvalue weighted by Gasteiger charge is -2.36. The fourth-order valence-electron chi connectivity index (χ4n) is 4.03. The Bertz CT molecular complexity index is 460. The molecule has 3 unspecified atom stereocenters. The molecule has 18 heavy (non-hydrogen) atoms. The van der Waals surface area contributed by atoms with Crippen LogP contribution < -0.4 is 0 Å². The quantitative estimate of drug-likeness (QED) is 0.626. The third-order valence-electron chi connectivity index (χ3n) is 4.93. The molecule has 2 bridgehead atoms. The van der Waals surface area contributed by atoms with E-state index in [1.807, 2.05) is 12.1 Å². The summed E-state index contributed by atoms with van der Waals surface area (Å²) >= 11 is 7.02. The summed E-state index contributed by atoms with van der Waals surface area (Å²) in [6.07, 6.45) is 6.26. The van der Waals surface area contributed by atoms with Crippen LogP contribution in [0.15, 0.2) is 22.7 Å². The number of halogens is 3. The summed E-state index contributed by atoms with van der Waals surface area (Å²) in [5, 5.41) is 1.01. The predicted octanol–water partition coefficient (Wildman–Crippen LogP) is 5.33. The first-order chi connectivity index (χ1) is 8.63. The Balaban J connectivity index is 1.86. The van der Waals surface area contributed by atoms with E-state index in [-0.39, 0.29) is 5.82 Å². The molecule has 3 rings (SSSR count). The summed E-state index contributed by atoms with van der Waals surface area (Å²) < 4.78 is 14.8. The van der Waals surface area contributed by atoms with Crippen LogP contribution in [0, 0.1) is 23.1 Å². The lowest BCUT2D eigenvalue weighted by atomic mass is 9.71. The van der Waals surface area contributed by atoms with Gasteiger partial charge in [-0.3, -0.25) is 0 Å². The van der Waals surface area contributed by atoms with Gasteiger partial charge in [-0.05, 0) is 60.6 Å². The lowest BCUT2D eigenvalue weighted by molar-refractivity contribution is 0.195. The molecule has 0 nitrogen and oxygen atoms in total. The van der Waals surface area contributed by atoms with Gasteiger partial charge in [-0.1, -0.05) is 44.3 Å². The first kappa shape index (κ1) is 13.1. The topological polar surface area (TPSA) is 0 Å². The van der Waals surface area contributed by atoms with Crippen LogP contribution in [0.3, 0.4) is 0 Å². The van der Waals surface area contributed by atoms with Gasteiger partial charge in [0.05, 0.1) is 0 Å². The van der Waals surface area contributed by atoms with Crippen molar-refractivity contribution in [2.45, 2.75) is 32.1 Å². The molecule has 0 saturated heterocycles. The van der Waals surface area contributed by atoms with Crippen LogP contribution in [0.5, 0.6) is 0 Å². The smallest absolute Gasteiger partial charge is 0.127 e. The van der Waals surface area contributed by atoms with Crippen molar-refractivity contribution >= 4 is 31.9 Å². The maximum Gasteiger partial charge on any atom is 0.127 e. The van der Waals surface area contributed by atoms with E-state index in [0.29, 0.717) is 5.41 Å². The van der Waals surface area contributed by atoms with Gasteiger partial charge in [0.15, 0.2) is 0 Å². The van der Waals surface area contributed by atoms with Crippen molar-refractivity contribution in [2.24, 2.45) is 17.3 Å². The number of hydrogen-bond donors (Lipinski definition) is 0.